The Morgan fingerprint density at radius 3 is 2.34 bits per heavy atom. The molecule has 0 aliphatic carbocycles. The van der Waals surface area contributed by atoms with Gasteiger partial charge >= 0.3 is 0 Å². The minimum Gasteiger partial charge on any atom is -0.492 e. The molecule has 11 atom stereocenters. The van der Waals surface area contributed by atoms with Crippen LogP contribution in [-0.4, -0.2) is 75.5 Å². The fourth-order valence-electron chi connectivity index (χ4n) is 11.2. The Morgan fingerprint density at radius 1 is 0.946 bits per heavy atom. The van der Waals surface area contributed by atoms with E-state index in [9.17, 15) is 0 Å². The summed E-state index contributed by atoms with van der Waals surface area (Å²) in [4.78, 5) is 0. The third-order valence-corrected chi connectivity index (χ3v) is 20.1. The van der Waals surface area contributed by atoms with Crippen LogP contribution in [-0.2, 0) is 39.5 Å². The molecule has 4 aliphatic rings. The van der Waals surface area contributed by atoms with Crippen molar-refractivity contribution in [1.29, 1.82) is 0 Å². The van der Waals surface area contributed by atoms with E-state index in [1.807, 2.05) is 12.1 Å². The smallest absolute Gasteiger partial charge is 0.200 e. The van der Waals surface area contributed by atoms with E-state index in [2.05, 4.69) is 107 Å². The van der Waals surface area contributed by atoms with Crippen molar-refractivity contribution in [3.63, 3.8) is 0 Å². The molecule has 1 aromatic carbocycles. The minimum absolute atomic E-state index is 0.0435. The van der Waals surface area contributed by atoms with Gasteiger partial charge in [-0.25, -0.2) is 0 Å². The lowest BCUT2D eigenvalue weighted by atomic mass is 9.74. The number of hydrogen-bond acceptors (Lipinski definition) is 7. The summed E-state index contributed by atoms with van der Waals surface area (Å²) in [6, 6.07) is 10.4. The second kappa shape index (κ2) is 20.2. The SMILES string of the molecule is C=CCC[C@H]1O[C@@]2(C)C[C@@]3(C)OCCCC[C@@H]3O[C@@H]2C[C@@H]1OC(=C)C[C@H](C[C@@H]1C[C@@H](C)[C@@H]([C@@H](C)CCOCc2ccccc2)O1)O[Si](C(C)C)(C(C)C)C(C)C. The van der Waals surface area contributed by atoms with Gasteiger partial charge in [0.05, 0.1) is 60.2 Å². The van der Waals surface area contributed by atoms with E-state index < -0.39 is 13.9 Å². The van der Waals surface area contributed by atoms with Gasteiger partial charge in [0.2, 0.25) is 8.32 Å². The van der Waals surface area contributed by atoms with Crippen LogP contribution in [0.5, 0.6) is 0 Å². The first-order valence-corrected chi connectivity index (χ1v) is 24.6. The fraction of sp³-hybridized carbons (Fsp3) is 0.792. The maximum atomic E-state index is 7.59. The van der Waals surface area contributed by atoms with Gasteiger partial charge in [-0.2, -0.15) is 0 Å². The molecular weight excluding hydrogens is 717 g/mol. The molecule has 5 rings (SSSR count). The van der Waals surface area contributed by atoms with Crippen LogP contribution in [0.25, 0.3) is 0 Å². The normalized spacial score (nSPS) is 33.5. The standard InChI is InChI=1S/C48H80O7Si/c1-13-14-22-42-43(30-45-48(12,54-42)32-47(11)44(53-45)23-18-19-25-50-47)51-38(10)28-41(55-56(33(2)3,34(4)5)35(6)7)29-40-27-37(9)46(52-40)36(8)24-26-49-31-39-20-16-15-17-21-39/h13,15-17,20-21,33-37,40-46H,1,10,14,18-19,22-32H2,2-9,11-12H3/t36-,37+,40-,41+,42+,43-,44-,45+,46+,47+,48-/m0/s1. The third-order valence-electron chi connectivity index (χ3n) is 13.9. The largest absolute Gasteiger partial charge is 0.492 e. The molecule has 318 valence electrons. The first-order valence-electron chi connectivity index (χ1n) is 22.5. The lowest BCUT2D eigenvalue weighted by Gasteiger charge is -2.56. The highest BCUT2D eigenvalue weighted by molar-refractivity contribution is 6.77. The molecule has 4 fully saturated rings. The summed E-state index contributed by atoms with van der Waals surface area (Å²) in [6.45, 7) is 34.2. The topological polar surface area (TPSA) is 64.6 Å². The summed E-state index contributed by atoms with van der Waals surface area (Å²) in [5, 5.41) is 0. The van der Waals surface area contributed by atoms with Crippen molar-refractivity contribution < 1.29 is 32.8 Å². The Kier molecular flexibility index (Phi) is 16.4. The molecule has 1 aromatic rings. The molecule has 0 unspecified atom stereocenters. The summed E-state index contributed by atoms with van der Waals surface area (Å²) in [5.74, 6) is 1.66. The van der Waals surface area contributed by atoms with Crippen molar-refractivity contribution >= 4 is 8.32 Å². The molecule has 0 aromatic heterocycles. The molecule has 0 saturated carbocycles. The Bertz CT molecular complexity index is 1350. The van der Waals surface area contributed by atoms with Crippen molar-refractivity contribution in [2.45, 2.75) is 217 Å². The van der Waals surface area contributed by atoms with Crippen molar-refractivity contribution in [2.75, 3.05) is 13.2 Å². The molecule has 7 nitrogen and oxygen atoms in total. The molecule has 0 amide bonds. The van der Waals surface area contributed by atoms with Gasteiger partial charge in [0.25, 0.3) is 0 Å². The van der Waals surface area contributed by atoms with Gasteiger partial charge in [0.15, 0.2) is 0 Å². The summed E-state index contributed by atoms with van der Waals surface area (Å²) in [7, 11) is -2.22. The Balaban J connectivity index is 1.27. The number of ether oxygens (including phenoxy) is 6. The van der Waals surface area contributed by atoms with Crippen LogP contribution in [0.4, 0.5) is 0 Å². The van der Waals surface area contributed by atoms with Gasteiger partial charge < -0.3 is 32.8 Å². The molecule has 8 heteroatoms. The molecule has 0 spiro atoms. The molecule has 0 N–H and O–H groups in total. The van der Waals surface area contributed by atoms with Gasteiger partial charge in [-0.3, -0.25) is 0 Å². The van der Waals surface area contributed by atoms with Crippen LogP contribution in [0, 0.1) is 11.8 Å². The van der Waals surface area contributed by atoms with Gasteiger partial charge in [-0.15, -0.1) is 6.58 Å². The Labute approximate surface area is 343 Å². The minimum atomic E-state index is -2.22. The predicted molar refractivity (Wildman–Crippen MR) is 230 cm³/mol. The molecular formula is C48H80O7Si. The lowest BCUT2D eigenvalue weighted by Crippen LogP contribution is -2.66. The molecule has 4 aliphatic heterocycles. The second-order valence-electron chi connectivity index (χ2n) is 19.4. The Hall–Kier alpha value is -1.52. The second-order valence-corrected chi connectivity index (χ2v) is 24.9. The first-order chi connectivity index (χ1) is 26.6. The highest BCUT2D eigenvalue weighted by Gasteiger charge is 2.58. The highest BCUT2D eigenvalue weighted by Crippen LogP contribution is 2.49. The molecule has 0 bridgehead atoms. The highest BCUT2D eigenvalue weighted by atomic mass is 28.4. The van der Waals surface area contributed by atoms with Gasteiger partial charge in [-0.1, -0.05) is 98.4 Å². The van der Waals surface area contributed by atoms with E-state index in [1.165, 1.54) is 5.56 Å². The van der Waals surface area contributed by atoms with E-state index in [0.717, 1.165) is 83.2 Å². The summed E-state index contributed by atoms with van der Waals surface area (Å²) in [6.07, 6.45) is 12.1. The van der Waals surface area contributed by atoms with Crippen molar-refractivity contribution in [2.24, 2.45) is 11.8 Å². The average Bonchev–Trinajstić information content (AvgIpc) is 3.40. The van der Waals surface area contributed by atoms with Crippen molar-refractivity contribution in [3.05, 3.63) is 60.9 Å². The number of rotatable bonds is 20. The monoisotopic (exact) mass is 797 g/mol. The maximum absolute atomic E-state index is 7.59. The van der Waals surface area contributed by atoms with E-state index >= 15 is 0 Å². The first kappa shape index (κ1) is 45.6. The average molecular weight is 797 g/mol. The van der Waals surface area contributed by atoms with Gasteiger partial charge in [0, 0.05) is 32.5 Å². The maximum Gasteiger partial charge on any atom is 0.200 e. The van der Waals surface area contributed by atoms with E-state index in [1.54, 1.807) is 0 Å². The molecule has 0 radical (unpaired) electrons. The molecule has 4 saturated heterocycles. The molecule has 4 heterocycles. The number of benzene rings is 1. The summed E-state index contributed by atoms with van der Waals surface area (Å²) in [5.41, 5.74) is 1.86. The third kappa shape index (κ3) is 11.0. The zero-order chi connectivity index (χ0) is 40.7. The van der Waals surface area contributed by atoms with Crippen LogP contribution in [0.2, 0.25) is 16.6 Å². The summed E-state index contributed by atoms with van der Waals surface area (Å²) < 4.78 is 48.0. The van der Waals surface area contributed by atoms with Gasteiger partial charge in [-0.05, 0) is 99.2 Å². The van der Waals surface area contributed by atoms with Crippen LogP contribution in [0.1, 0.15) is 145 Å². The number of fused-ring (bicyclic) bond motifs is 2. The summed E-state index contributed by atoms with van der Waals surface area (Å²) >= 11 is 0. The quantitative estimate of drug-likeness (QED) is 0.0563. The van der Waals surface area contributed by atoms with E-state index in [4.69, 9.17) is 32.8 Å². The van der Waals surface area contributed by atoms with E-state index in [0.29, 0.717) is 41.5 Å². The lowest BCUT2D eigenvalue weighted by molar-refractivity contribution is -0.312. The van der Waals surface area contributed by atoms with Crippen molar-refractivity contribution in [3.8, 4) is 0 Å². The van der Waals surface area contributed by atoms with Crippen molar-refractivity contribution in [1.82, 2.24) is 0 Å². The zero-order valence-corrected chi connectivity index (χ0v) is 38.1. The van der Waals surface area contributed by atoms with Crippen LogP contribution >= 0.6 is 0 Å². The van der Waals surface area contributed by atoms with Crippen LogP contribution in [0.3, 0.4) is 0 Å². The van der Waals surface area contributed by atoms with Crippen LogP contribution in [0.15, 0.2) is 55.3 Å². The number of allylic oxidation sites excluding steroid dienone is 1. The van der Waals surface area contributed by atoms with Crippen LogP contribution < -0.4 is 0 Å². The van der Waals surface area contributed by atoms with E-state index in [-0.39, 0.29) is 48.3 Å². The fourth-order valence-corrected chi connectivity index (χ4v) is 16.8. The Morgan fingerprint density at radius 2 is 1.66 bits per heavy atom. The predicted octanol–water partition coefficient (Wildman–Crippen LogP) is 11.9. The molecule has 56 heavy (non-hydrogen) atoms. The number of hydrogen-bond donors (Lipinski definition) is 0. The van der Waals surface area contributed by atoms with Gasteiger partial charge in [0.1, 0.15) is 6.10 Å². The zero-order valence-electron chi connectivity index (χ0n) is 37.1.